The number of aromatic nitrogens is 1. The van der Waals surface area contributed by atoms with Crippen molar-refractivity contribution in [2.75, 3.05) is 5.32 Å². The summed E-state index contributed by atoms with van der Waals surface area (Å²) in [5.74, 6) is -1.09. The van der Waals surface area contributed by atoms with E-state index in [9.17, 15) is 18.8 Å². The summed E-state index contributed by atoms with van der Waals surface area (Å²) >= 11 is 1.32. The first-order valence-electron chi connectivity index (χ1n) is 11.8. The van der Waals surface area contributed by atoms with Gasteiger partial charge in [0.2, 0.25) is 5.91 Å². The quantitative estimate of drug-likeness (QED) is 0.337. The Morgan fingerprint density at radius 1 is 1.03 bits per heavy atom. The van der Waals surface area contributed by atoms with Gasteiger partial charge in [-0.2, -0.15) is 0 Å². The van der Waals surface area contributed by atoms with Crippen LogP contribution in [-0.4, -0.2) is 33.8 Å². The third-order valence-corrected chi connectivity index (χ3v) is 6.88. The van der Waals surface area contributed by atoms with Crippen LogP contribution in [0.15, 0.2) is 90.4 Å². The number of rotatable bonds is 8. The largest absolute Gasteiger partial charge is 0.438 e. The Kier molecular flexibility index (Phi) is 7.41. The number of ether oxygens (including phenoxy) is 1. The zero-order valence-electron chi connectivity index (χ0n) is 20.0. The van der Waals surface area contributed by atoms with Gasteiger partial charge in [0.15, 0.2) is 12.1 Å². The van der Waals surface area contributed by atoms with Crippen molar-refractivity contribution in [1.82, 2.24) is 15.2 Å². The molecule has 0 unspecified atom stereocenters. The molecular weight excluding hydrogens is 507 g/mol. The van der Waals surface area contributed by atoms with Crippen molar-refractivity contribution in [1.29, 1.82) is 0 Å². The van der Waals surface area contributed by atoms with Gasteiger partial charge in [-0.25, -0.2) is 9.18 Å². The third kappa shape index (κ3) is 5.70. The molecule has 3 amide bonds. The minimum absolute atomic E-state index is 0.0477. The molecule has 10 heteroatoms. The van der Waals surface area contributed by atoms with Crippen molar-refractivity contribution in [3.63, 3.8) is 0 Å². The molecule has 0 spiro atoms. The SMILES string of the molecule is O=C(Nc1cccc([C@@H]2OC(=O)N(Cc3ccc(F)cc3)[C@@H]2C(=O)NCc2ccccn2)c1)c1cccs1. The van der Waals surface area contributed by atoms with Gasteiger partial charge >= 0.3 is 6.09 Å². The van der Waals surface area contributed by atoms with Crippen molar-refractivity contribution in [3.8, 4) is 0 Å². The maximum Gasteiger partial charge on any atom is 0.411 e. The predicted octanol–water partition coefficient (Wildman–Crippen LogP) is 4.91. The Balaban J connectivity index is 1.41. The van der Waals surface area contributed by atoms with E-state index in [4.69, 9.17) is 4.74 Å². The Morgan fingerprint density at radius 3 is 2.61 bits per heavy atom. The van der Waals surface area contributed by atoms with E-state index in [0.29, 0.717) is 27.4 Å². The highest BCUT2D eigenvalue weighted by Crippen LogP contribution is 2.35. The molecule has 1 saturated heterocycles. The van der Waals surface area contributed by atoms with E-state index in [-0.39, 0.29) is 19.0 Å². The fraction of sp³-hybridized carbons (Fsp3) is 0.143. The molecule has 1 aliphatic heterocycles. The molecule has 0 bridgehead atoms. The van der Waals surface area contributed by atoms with E-state index in [0.717, 1.165) is 0 Å². The molecule has 2 aromatic carbocycles. The van der Waals surface area contributed by atoms with Gasteiger partial charge in [-0.15, -0.1) is 11.3 Å². The number of cyclic esters (lactones) is 1. The molecule has 38 heavy (non-hydrogen) atoms. The number of carbonyl (C=O) groups excluding carboxylic acids is 3. The molecule has 4 aromatic rings. The minimum atomic E-state index is -1.01. The van der Waals surface area contributed by atoms with Gasteiger partial charge in [0.1, 0.15) is 5.82 Å². The molecule has 0 saturated carbocycles. The summed E-state index contributed by atoms with van der Waals surface area (Å²) in [5.41, 5.74) is 2.35. The number of thiophene rings is 1. The Morgan fingerprint density at radius 2 is 1.87 bits per heavy atom. The van der Waals surface area contributed by atoms with Crippen molar-refractivity contribution < 1.29 is 23.5 Å². The monoisotopic (exact) mass is 530 g/mol. The molecule has 5 rings (SSSR count). The zero-order chi connectivity index (χ0) is 26.5. The van der Waals surface area contributed by atoms with Crippen LogP contribution in [0.3, 0.4) is 0 Å². The average molecular weight is 531 g/mol. The first-order chi connectivity index (χ1) is 18.5. The molecule has 1 fully saturated rings. The summed E-state index contributed by atoms with van der Waals surface area (Å²) in [5, 5.41) is 7.50. The lowest BCUT2D eigenvalue weighted by molar-refractivity contribution is -0.126. The molecule has 2 aromatic heterocycles. The molecule has 0 aliphatic carbocycles. The summed E-state index contributed by atoms with van der Waals surface area (Å²) in [6.07, 6.45) is 0.0131. The predicted molar refractivity (Wildman–Crippen MR) is 140 cm³/mol. The van der Waals surface area contributed by atoms with Crippen molar-refractivity contribution in [2.45, 2.75) is 25.2 Å². The number of benzene rings is 2. The summed E-state index contributed by atoms with van der Waals surface area (Å²) in [6.45, 7) is 0.213. The van der Waals surface area contributed by atoms with Crippen LogP contribution in [0.4, 0.5) is 14.9 Å². The Hall–Kier alpha value is -4.57. The van der Waals surface area contributed by atoms with Gasteiger partial charge in [-0.05, 0) is 59.0 Å². The summed E-state index contributed by atoms with van der Waals surface area (Å²) in [6, 6.07) is 20.4. The molecule has 2 atom stereocenters. The lowest BCUT2D eigenvalue weighted by Gasteiger charge is -2.24. The first kappa shape index (κ1) is 25.1. The number of hydrogen-bond donors (Lipinski definition) is 2. The maximum absolute atomic E-state index is 13.5. The van der Waals surface area contributed by atoms with Crippen LogP contribution in [0.1, 0.15) is 32.6 Å². The topological polar surface area (TPSA) is 101 Å². The molecule has 192 valence electrons. The van der Waals surface area contributed by atoms with Gasteiger partial charge in [-0.3, -0.25) is 19.5 Å². The van der Waals surface area contributed by atoms with Crippen LogP contribution in [0, 0.1) is 5.82 Å². The Labute approximate surface area is 222 Å². The van der Waals surface area contributed by atoms with Crippen LogP contribution in [0.2, 0.25) is 0 Å². The molecule has 3 heterocycles. The number of nitrogens with zero attached hydrogens (tertiary/aromatic N) is 2. The molecule has 1 aliphatic rings. The number of amides is 3. The molecular formula is C28H23FN4O4S. The first-order valence-corrected chi connectivity index (χ1v) is 12.7. The lowest BCUT2D eigenvalue weighted by Crippen LogP contribution is -2.46. The highest BCUT2D eigenvalue weighted by atomic mass is 32.1. The van der Waals surface area contributed by atoms with E-state index >= 15 is 0 Å². The number of halogens is 1. The van der Waals surface area contributed by atoms with Crippen LogP contribution in [0.25, 0.3) is 0 Å². The average Bonchev–Trinajstić information content (AvgIpc) is 3.58. The van der Waals surface area contributed by atoms with E-state index in [1.165, 1.54) is 28.4 Å². The summed E-state index contributed by atoms with van der Waals surface area (Å²) in [4.78, 5) is 45.1. The van der Waals surface area contributed by atoms with Gasteiger partial charge in [0.25, 0.3) is 5.91 Å². The van der Waals surface area contributed by atoms with Crippen LogP contribution in [0.5, 0.6) is 0 Å². The van der Waals surface area contributed by atoms with Gasteiger partial charge in [0, 0.05) is 11.9 Å². The molecule has 2 N–H and O–H groups in total. The van der Waals surface area contributed by atoms with E-state index in [1.807, 2.05) is 11.4 Å². The summed E-state index contributed by atoms with van der Waals surface area (Å²) in [7, 11) is 0. The van der Waals surface area contributed by atoms with Gasteiger partial charge < -0.3 is 15.4 Å². The standard InChI is InChI=1S/C28H23FN4O4S/c29-20-11-9-18(10-12-20)17-33-24(27(35)31-16-22-6-1-2-13-30-22)25(37-28(33)36)19-5-3-7-21(15-19)32-26(34)23-8-4-14-38-23/h1-15,24-25H,16-17H2,(H,31,35)(H,32,34)/t24-,25-/m0/s1. The highest BCUT2D eigenvalue weighted by Gasteiger charge is 2.47. The fourth-order valence-electron chi connectivity index (χ4n) is 4.18. The highest BCUT2D eigenvalue weighted by molar-refractivity contribution is 7.12. The zero-order valence-corrected chi connectivity index (χ0v) is 20.9. The van der Waals surface area contributed by atoms with E-state index < -0.39 is 30.0 Å². The molecule has 0 radical (unpaired) electrons. The second-order valence-electron chi connectivity index (χ2n) is 8.60. The smallest absolute Gasteiger partial charge is 0.411 e. The normalized spacial score (nSPS) is 16.7. The maximum atomic E-state index is 13.5. The number of hydrogen-bond acceptors (Lipinski definition) is 6. The fourth-order valence-corrected chi connectivity index (χ4v) is 4.79. The van der Waals surface area contributed by atoms with E-state index in [1.54, 1.807) is 66.9 Å². The van der Waals surface area contributed by atoms with Crippen molar-refractivity contribution in [3.05, 3.63) is 118 Å². The lowest BCUT2D eigenvalue weighted by atomic mass is 10.00. The van der Waals surface area contributed by atoms with Crippen molar-refractivity contribution in [2.24, 2.45) is 0 Å². The second kappa shape index (κ2) is 11.2. The number of nitrogens with one attached hydrogen (secondary N) is 2. The number of carbonyl (C=O) groups is 3. The second-order valence-corrected chi connectivity index (χ2v) is 9.55. The van der Waals surface area contributed by atoms with Gasteiger partial charge in [-0.1, -0.05) is 36.4 Å². The van der Waals surface area contributed by atoms with Crippen LogP contribution in [-0.2, 0) is 22.6 Å². The summed E-state index contributed by atoms with van der Waals surface area (Å²) < 4.78 is 19.1. The minimum Gasteiger partial charge on any atom is -0.438 e. The third-order valence-electron chi connectivity index (χ3n) is 6.01. The van der Waals surface area contributed by atoms with Crippen LogP contribution >= 0.6 is 11.3 Å². The number of anilines is 1. The van der Waals surface area contributed by atoms with Crippen LogP contribution < -0.4 is 10.6 Å². The number of pyridine rings is 1. The molecule has 8 nitrogen and oxygen atoms in total. The Bertz CT molecular complexity index is 1430. The van der Waals surface area contributed by atoms with Crippen molar-refractivity contribution >= 4 is 34.9 Å². The van der Waals surface area contributed by atoms with Gasteiger partial charge in [0.05, 0.1) is 23.7 Å². The van der Waals surface area contributed by atoms with E-state index in [2.05, 4.69) is 15.6 Å².